The summed E-state index contributed by atoms with van der Waals surface area (Å²) in [6.07, 6.45) is 5.27. The van der Waals surface area contributed by atoms with Crippen molar-refractivity contribution in [3.05, 3.63) is 34.9 Å². The molecule has 0 aromatic heterocycles. The van der Waals surface area contributed by atoms with E-state index < -0.39 is 0 Å². The molecule has 0 unspecified atom stereocenters. The number of hydrogen-bond acceptors (Lipinski definition) is 1. The van der Waals surface area contributed by atoms with Gasteiger partial charge in [-0.1, -0.05) is 12.0 Å². The number of hydrogen-bond donors (Lipinski definition) is 1. The molecule has 0 saturated heterocycles. The molecule has 1 aromatic rings. The first-order chi connectivity index (χ1) is 5.40. The van der Waals surface area contributed by atoms with Crippen LogP contribution in [0.3, 0.4) is 0 Å². The maximum Gasteiger partial charge on any atom is 0.0246 e. The van der Waals surface area contributed by atoms with Crippen molar-refractivity contribution >= 4 is 0 Å². The monoisotopic (exact) mass is 143 g/mol. The fourth-order valence-electron chi connectivity index (χ4n) is 1.38. The van der Waals surface area contributed by atoms with Gasteiger partial charge in [0.25, 0.3) is 0 Å². The summed E-state index contributed by atoms with van der Waals surface area (Å²) in [5.74, 6) is 2.63. The first-order valence-electron chi connectivity index (χ1n) is 3.69. The van der Waals surface area contributed by atoms with Gasteiger partial charge in [0.2, 0.25) is 0 Å². The Balaban J connectivity index is 2.51. The Labute approximate surface area is 66.4 Å². The highest BCUT2D eigenvalue weighted by molar-refractivity contribution is 5.41. The SMILES string of the molecule is C#Cc1ccc2c(c1)CNC2. The van der Waals surface area contributed by atoms with Gasteiger partial charge in [0.15, 0.2) is 0 Å². The predicted molar refractivity (Wildman–Crippen MR) is 44.9 cm³/mol. The Morgan fingerprint density at radius 1 is 1.27 bits per heavy atom. The average molecular weight is 143 g/mol. The van der Waals surface area contributed by atoms with Crippen LogP contribution in [0, 0.1) is 12.3 Å². The van der Waals surface area contributed by atoms with E-state index in [-0.39, 0.29) is 0 Å². The summed E-state index contributed by atoms with van der Waals surface area (Å²) in [6.45, 7) is 1.95. The third kappa shape index (κ3) is 1.02. The van der Waals surface area contributed by atoms with E-state index >= 15 is 0 Å². The Kier molecular flexibility index (Phi) is 1.41. The van der Waals surface area contributed by atoms with Gasteiger partial charge >= 0.3 is 0 Å². The van der Waals surface area contributed by atoms with Crippen molar-refractivity contribution in [2.75, 3.05) is 0 Å². The molecule has 0 bridgehead atoms. The lowest BCUT2D eigenvalue weighted by Gasteiger charge is -1.96. The summed E-state index contributed by atoms with van der Waals surface area (Å²) in [5.41, 5.74) is 3.71. The number of nitrogens with one attached hydrogen (secondary N) is 1. The van der Waals surface area contributed by atoms with Crippen LogP contribution in [0.2, 0.25) is 0 Å². The molecule has 1 aromatic carbocycles. The number of rotatable bonds is 0. The highest BCUT2D eigenvalue weighted by atomic mass is 14.9. The smallest absolute Gasteiger partial charge is 0.0246 e. The summed E-state index contributed by atoms with van der Waals surface area (Å²) < 4.78 is 0. The first kappa shape index (κ1) is 6.45. The molecule has 1 heteroatoms. The van der Waals surface area contributed by atoms with Crippen molar-refractivity contribution < 1.29 is 0 Å². The second-order valence-corrected chi connectivity index (χ2v) is 2.73. The zero-order valence-electron chi connectivity index (χ0n) is 6.22. The number of fused-ring (bicyclic) bond motifs is 1. The van der Waals surface area contributed by atoms with E-state index in [2.05, 4.69) is 23.4 Å². The van der Waals surface area contributed by atoms with Gasteiger partial charge in [-0.25, -0.2) is 0 Å². The van der Waals surface area contributed by atoms with Gasteiger partial charge in [0.05, 0.1) is 0 Å². The van der Waals surface area contributed by atoms with E-state index in [4.69, 9.17) is 6.42 Å². The molecule has 0 spiro atoms. The minimum absolute atomic E-state index is 0.963. The van der Waals surface area contributed by atoms with Gasteiger partial charge in [-0.3, -0.25) is 0 Å². The zero-order chi connectivity index (χ0) is 7.68. The molecule has 1 nitrogen and oxygen atoms in total. The molecule has 1 aliphatic heterocycles. The van der Waals surface area contributed by atoms with Crippen molar-refractivity contribution in [3.63, 3.8) is 0 Å². The van der Waals surface area contributed by atoms with Crippen molar-refractivity contribution in [3.8, 4) is 12.3 Å². The molecule has 1 heterocycles. The molecule has 2 rings (SSSR count). The van der Waals surface area contributed by atoms with Crippen LogP contribution in [-0.2, 0) is 13.1 Å². The lowest BCUT2D eigenvalue weighted by atomic mass is 10.1. The second-order valence-electron chi connectivity index (χ2n) is 2.73. The fourth-order valence-corrected chi connectivity index (χ4v) is 1.38. The van der Waals surface area contributed by atoms with E-state index in [0.29, 0.717) is 0 Å². The van der Waals surface area contributed by atoms with Gasteiger partial charge in [-0.15, -0.1) is 6.42 Å². The Morgan fingerprint density at radius 2 is 2.09 bits per heavy atom. The lowest BCUT2D eigenvalue weighted by molar-refractivity contribution is 0.765. The van der Waals surface area contributed by atoms with Crippen molar-refractivity contribution in [1.29, 1.82) is 0 Å². The van der Waals surface area contributed by atoms with Gasteiger partial charge in [0.1, 0.15) is 0 Å². The van der Waals surface area contributed by atoms with Crippen LogP contribution in [0.5, 0.6) is 0 Å². The molecule has 0 amide bonds. The third-order valence-corrected chi connectivity index (χ3v) is 2.00. The molecule has 0 atom stereocenters. The minimum atomic E-state index is 0.963. The van der Waals surface area contributed by atoms with E-state index in [9.17, 15) is 0 Å². The highest BCUT2D eigenvalue weighted by Crippen LogP contribution is 2.16. The standard InChI is InChI=1S/C10H9N/c1-2-8-3-4-9-6-11-7-10(9)5-8/h1,3-5,11H,6-7H2. The second kappa shape index (κ2) is 2.41. The molecule has 0 fully saturated rings. The molecule has 1 aliphatic rings. The van der Waals surface area contributed by atoms with E-state index in [1.807, 2.05) is 6.07 Å². The maximum atomic E-state index is 5.27. The molecular formula is C10H9N. The van der Waals surface area contributed by atoms with Crippen LogP contribution in [-0.4, -0.2) is 0 Å². The summed E-state index contributed by atoms with van der Waals surface area (Å²) in [4.78, 5) is 0. The van der Waals surface area contributed by atoms with Gasteiger partial charge < -0.3 is 5.32 Å². The summed E-state index contributed by atoms with van der Waals surface area (Å²) in [7, 11) is 0. The minimum Gasteiger partial charge on any atom is -0.309 e. The number of terminal acetylenes is 1. The molecule has 1 N–H and O–H groups in total. The predicted octanol–water partition coefficient (Wildman–Crippen LogP) is 1.27. The van der Waals surface area contributed by atoms with Crippen molar-refractivity contribution in [2.24, 2.45) is 0 Å². The van der Waals surface area contributed by atoms with Gasteiger partial charge in [-0.05, 0) is 23.3 Å². The molecule has 0 aliphatic carbocycles. The van der Waals surface area contributed by atoms with Gasteiger partial charge in [0, 0.05) is 18.7 Å². The van der Waals surface area contributed by atoms with Crippen molar-refractivity contribution in [2.45, 2.75) is 13.1 Å². The van der Waals surface area contributed by atoms with Crippen LogP contribution >= 0.6 is 0 Å². The molecule has 0 radical (unpaired) electrons. The first-order valence-corrected chi connectivity index (χ1v) is 3.69. The molecule has 0 saturated carbocycles. The highest BCUT2D eigenvalue weighted by Gasteiger charge is 2.08. The quantitative estimate of drug-likeness (QED) is 0.539. The van der Waals surface area contributed by atoms with E-state index in [1.165, 1.54) is 11.1 Å². The van der Waals surface area contributed by atoms with Crippen molar-refractivity contribution in [1.82, 2.24) is 5.32 Å². The summed E-state index contributed by atoms with van der Waals surface area (Å²) >= 11 is 0. The number of benzene rings is 1. The van der Waals surface area contributed by atoms with E-state index in [1.54, 1.807) is 0 Å². The van der Waals surface area contributed by atoms with Crippen LogP contribution in [0.4, 0.5) is 0 Å². The lowest BCUT2D eigenvalue weighted by Crippen LogP contribution is -1.99. The molecular weight excluding hydrogens is 134 g/mol. The molecule has 54 valence electrons. The molecule has 11 heavy (non-hydrogen) atoms. The normalized spacial score (nSPS) is 14.1. The van der Waals surface area contributed by atoms with Crippen LogP contribution in [0.1, 0.15) is 16.7 Å². The van der Waals surface area contributed by atoms with Crippen LogP contribution in [0.15, 0.2) is 18.2 Å². The summed E-state index contributed by atoms with van der Waals surface area (Å²) in [5, 5.41) is 3.27. The third-order valence-electron chi connectivity index (χ3n) is 2.00. The Morgan fingerprint density at radius 3 is 2.91 bits per heavy atom. The Bertz CT molecular complexity index is 320. The Hall–Kier alpha value is -1.26. The summed E-state index contributed by atoms with van der Waals surface area (Å²) in [6, 6.07) is 6.17. The van der Waals surface area contributed by atoms with Gasteiger partial charge in [-0.2, -0.15) is 0 Å². The van der Waals surface area contributed by atoms with Crippen LogP contribution < -0.4 is 5.32 Å². The largest absolute Gasteiger partial charge is 0.309 e. The zero-order valence-corrected chi connectivity index (χ0v) is 6.22. The fraction of sp³-hybridized carbons (Fsp3) is 0.200. The maximum absolute atomic E-state index is 5.27. The topological polar surface area (TPSA) is 12.0 Å². The van der Waals surface area contributed by atoms with Crippen LogP contribution in [0.25, 0.3) is 0 Å². The average Bonchev–Trinajstić information content (AvgIpc) is 2.50. The van der Waals surface area contributed by atoms with E-state index in [0.717, 1.165) is 18.7 Å².